The largest absolute Gasteiger partial charge is 0.481 e. The molecular formula is C14H21N3O3S. The lowest BCUT2D eigenvalue weighted by molar-refractivity contribution is -0.152. The predicted octanol–water partition coefficient (Wildman–Crippen LogP) is 2.21. The normalized spacial score (nSPS) is 22.3. The van der Waals surface area contributed by atoms with Crippen LogP contribution in [0.1, 0.15) is 54.9 Å². The van der Waals surface area contributed by atoms with Crippen LogP contribution in [0.2, 0.25) is 0 Å². The minimum atomic E-state index is -0.809. The van der Waals surface area contributed by atoms with Gasteiger partial charge in [0.1, 0.15) is 4.88 Å². The molecule has 1 aromatic heterocycles. The summed E-state index contributed by atoms with van der Waals surface area (Å²) in [4.78, 5) is 26.4. The molecule has 2 rings (SSSR count). The minimum absolute atomic E-state index is 0.118. The molecule has 0 bridgehead atoms. The molecule has 116 valence electrons. The molecule has 0 aliphatic carbocycles. The van der Waals surface area contributed by atoms with Crippen LogP contribution in [-0.2, 0) is 11.2 Å². The number of rotatable bonds is 5. The molecule has 1 saturated heterocycles. The van der Waals surface area contributed by atoms with Crippen molar-refractivity contribution in [3.05, 3.63) is 10.6 Å². The number of hydrogen-bond donors (Lipinski definition) is 1. The van der Waals surface area contributed by atoms with Gasteiger partial charge in [0.25, 0.3) is 5.91 Å². The molecule has 1 aliphatic rings. The molecule has 0 spiro atoms. The van der Waals surface area contributed by atoms with Gasteiger partial charge in [0.2, 0.25) is 0 Å². The van der Waals surface area contributed by atoms with Gasteiger partial charge in [-0.25, -0.2) is 0 Å². The highest BCUT2D eigenvalue weighted by molar-refractivity contribution is 7.08. The molecule has 6 nitrogen and oxygen atoms in total. The molecule has 1 aliphatic heterocycles. The highest BCUT2D eigenvalue weighted by atomic mass is 32.1. The number of nitrogens with zero attached hydrogens (tertiary/aromatic N) is 3. The van der Waals surface area contributed by atoms with Crippen molar-refractivity contribution in [3.8, 4) is 0 Å². The summed E-state index contributed by atoms with van der Waals surface area (Å²) >= 11 is 1.11. The SMILES string of the molecule is CCCc1nnsc1C(=O)N1CCCC(CC)(C(=O)O)C1. The molecular weight excluding hydrogens is 290 g/mol. The van der Waals surface area contributed by atoms with Crippen LogP contribution in [0.4, 0.5) is 0 Å². The molecule has 7 heteroatoms. The Balaban J connectivity index is 2.19. The van der Waals surface area contributed by atoms with Gasteiger partial charge in [-0.3, -0.25) is 9.59 Å². The van der Waals surface area contributed by atoms with E-state index in [9.17, 15) is 14.7 Å². The molecule has 0 aromatic carbocycles. The lowest BCUT2D eigenvalue weighted by Crippen LogP contribution is -2.49. The summed E-state index contributed by atoms with van der Waals surface area (Å²) in [5, 5.41) is 13.5. The Morgan fingerprint density at radius 1 is 1.43 bits per heavy atom. The quantitative estimate of drug-likeness (QED) is 0.901. The van der Waals surface area contributed by atoms with Crippen LogP contribution in [0.25, 0.3) is 0 Å². The van der Waals surface area contributed by atoms with E-state index in [0.717, 1.165) is 36.5 Å². The van der Waals surface area contributed by atoms with Gasteiger partial charge in [0.15, 0.2) is 0 Å². The second-order valence-corrected chi connectivity index (χ2v) is 6.32. The summed E-state index contributed by atoms with van der Waals surface area (Å²) in [5.41, 5.74) is -0.0766. The van der Waals surface area contributed by atoms with E-state index in [4.69, 9.17) is 0 Å². The van der Waals surface area contributed by atoms with Crippen molar-refractivity contribution in [1.82, 2.24) is 14.5 Å². The number of likely N-dealkylation sites (tertiary alicyclic amines) is 1. The van der Waals surface area contributed by atoms with E-state index < -0.39 is 11.4 Å². The standard InChI is InChI=1S/C14H21N3O3S/c1-3-6-10-11(21-16-15-10)12(18)17-8-5-7-14(4-2,9-17)13(19)20/h3-9H2,1-2H3,(H,19,20). The summed E-state index contributed by atoms with van der Waals surface area (Å²) < 4.78 is 3.88. The maximum atomic E-state index is 12.6. The van der Waals surface area contributed by atoms with Crippen LogP contribution < -0.4 is 0 Å². The van der Waals surface area contributed by atoms with Crippen molar-refractivity contribution in [2.24, 2.45) is 5.41 Å². The Morgan fingerprint density at radius 3 is 2.81 bits per heavy atom. The Hall–Kier alpha value is -1.50. The van der Waals surface area contributed by atoms with Crippen LogP contribution in [-0.4, -0.2) is 44.6 Å². The zero-order valence-corrected chi connectivity index (χ0v) is 13.3. The van der Waals surface area contributed by atoms with Gasteiger partial charge in [-0.1, -0.05) is 24.8 Å². The van der Waals surface area contributed by atoms with Crippen LogP contribution in [0, 0.1) is 5.41 Å². The fraction of sp³-hybridized carbons (Fsp3) is 0.714. The average molecular weight is 311 g/mol. The first kappa shape index (κ1) is 15.9. The molecule has 1 atom stereocenters. The second-order valence-electron chi connectivity index (χ2n) is 5.57. The van der Waals surface area contributed by atoms with Gasteiger partial charge in [-0.2, -0.15) is 0 Å². The maximum Gasteiger partial charge on any atom is 0.311 e. The average Bonchev–Trinajstić information content (AvgIpc) is 2.95. The fourth-order valence-electron chi connectivity index (χ4n) is 2.83. The van der Waals surface area contributed by atoms with Crippen molar-refractivity contribution < 1.29 is 14.7 Å². The van der Waals surface area contributed by atoms with Crippen LogP contribution in [0.3, 0.4) is 0 Å². The second kappa shape index (κ2) is 6.51. The van der Waals surface area contributed by atoms with Gasteiger partial charge in [-0.05, 0) is 37.2 Å². The molecule has 21 heavy (non-hydrogen) atoms. The van der Waals surface area contributed by atoms with Gasteiger partial charge < -0.3 is 10.0 Å². The molecule has 1 fully saturated rings. The third-order valence-corrected chi connectivity index (χ3v) is 4.99. The van der Waals surface area contributed by atoms with E-state index >= 15 is 0 Å². The summed E-state index contributed by atoms with van der Waals surface area (Å²) in [6, 6.07) is 0. The van der Waals surface area contributed by atoms with Crippen molar-refractivity contribution in [2.75, 3.05) is 13.1 Å². The molecule has 1 N–H and O–H groups in total. The number of carbonyl (C=O) groups is 2. The molecule has 1 amide bonds. The number of aromatic nitrogens is 2. The maximum absolute atomic E-state index is 12.6. The van der Waals surface area contributed by atoms with E-state index in [1.165, 1.54) is 0 Å². The number of carboxylic acids is 1. The van der Waals surface area contributed by atoms with Gasteiger partial charge in [0, 0.05) is 13.1 Å². The predicted molar refractivity (Wildman–Crippen MR) is 79.4 cm³/mol. The number of aliphatic carboxylic acids is 1. The summed E-state index contributed by atoms with van der Waals surface area (Å²) in [6.45, 7) is 4.79. The Labute approximate surface area is 128 Å². The highest BCUT2D eigenvalue weighted by Crippen LogP contribution is 2.34. The third kappa shape index (κ3) is 3.07. The summed E-state index contributed by atoms with van der Waals surface area (Å²) in [6.07, 6.45) is 3.52. The Bertz CT molecular complexity index is 531. The highest BCUT2D eigenvalue weighted by Gasteiger charge is 2.42. The molecule has 0 saturated carbocycles. The zero-order valence-electron chi connectivity index (χ0n) is 12.5. The first-order chi connectivity index (χ1) is 10.0. The van der Waals surface area contributed by atoms with Crippen LogP contribution in [0.15, 0.2) is 0 Å². The summed E-state index contributed by atoms with van der Waals surface area (Å²) in [7, 11) is 0. The Morgan fingerprint density at radius 2 is 2.19 bits per heavy atom. The monoisotopic (exact) mass is 311 g/mol. The number of amides is 1. The van der Waals surface area contributed by atoms with Crippen molar-refractivity contribution in [1.29, 1.82) is 0 Å². The number of hydrogen-bond acceptors (Lipinski definition) is 5. The lowest BCUT2D eigenvalue weighted by atomic mass is 9.77. The van der Waals surface area contributed by atoms with Gasteiger partial charge in [0.05, 0.1) is 11.1 Å². The topological polar surface area (TPSA) is 83.4 Å². The first-order valence-corrected chi connectivity index (χ1v) is 8.15. The van der Waals surface area contributed by atoms with Gasteiger partial charge >= 0.3 is 5.97 Å². The number of carbonyl (C=O) groups excluding carboxylic acids is 1. The van der Waals surface area contributed by atoms with E-state index in [1.54, 1.807) is 4.90 Å². The molecule has 1 aromatic rings. The van der Waals surface area contributed by atoms with E-state index in [-0.39, 0.29) is 12.5 Å². The number of carboxylic acid groups (broad SMARTS) is 1. The lowest BCUT2D eigenvalue weighted by Gasteiger charge is -2.39. The zero-order chi connectivity index (χ0) is 15.5. The van der Waals surface area contributed by atoms with Crippen molar-refractivity contribution in [3.63, 3.8) is 0 Å². The van der Waals surface area contributed by atoms with E-state index in [1.807, 2.05) is 13.8 Å². The van der Waals surface area contributed by atoms with Crippen molar-refractivity contribution >= 4 is 23.4 Å². The van der Waals surface area contributed by atoms with Crippen molar-refractivity contribution in [2.45, 2.75) is 46.0 Å². The molecule has 1 unspecified atom stereocenters. The van der Waals surface area contributed by atoms with Gasteiger partial charge in [-0.15, -0.1) is 5.10 Å². The first-order valence-electron chi connectivity index (χ1n) is 7.38. The molecule has 0 radical (unpaired) electrons. The molecule has 2 heterocycles. The third-order valence-electron chi connectivity index (χ3n) is 4.23. The number of aryl methyl sites for hydroxylation is 1. The Kier molecular flexibility index (Phi) is 4.92. The van der Waals surface area contributed by atoms with Crippen LogP contribution >= 0.6 is 11.5 Å². The smallest absolute Gasteiger partial charge is 0.311 e. The van der Waals surface area contributed by atoms with Crippen LogP contribution in [0.5, 0.6) is 0 Å². The van der Waals surface area contributed by atoms with E-state index in [0.29, 0.717) is 24.3 Å². The minimum Gasteiger partial charge on any atom is -0.481 e. The van der Waals surface area contributed by atoms with E-state index in [2.05, 4.69) is 9.59 Å². The summed E-state index contributed by atoms with van der Waals surface area (Å²) in [5.74, 6) is -0.925. The number of piperidine rings is 1. The fourth-order valence-corrected chi connectivity index (χ4v) is 3.51.